The monoisotopic (exact) mass is 211 g/mol. The molecule has 0 unspecified atom stereocenters. The third-order valence-corrected chi connectivity index (χ3v) is 1.77. The summed E-state index contributed by atoms with van der Waals surface area (Å²) >= 11 is 5.82. The topological polar surface area (TPSA) is 39.2 Å². The van der Waals surface area contributed by atoms with Gasteiger partial charge in [-0.3, -0.25) is 4.98 Å². The zero-order chi connectivity index (χ0) is 10.4. The van der Waals surface area contributed by atoms with E-state index in [-0.39, 0.29) is 0 Å². The fourth-order valence-electron chi connectivity index (χ4n) is 0.858. The Labute approximate surface area is 87.4 Å². The van der Waals surface area contributed by atoms with Gasteiger partial charge in [-0.15, -0.1) is 0 Å². The molecular weight excluding hydrogens is 202 g/mol. The quantitative estimate of drug-likeness (QED) is 0.569. The van der Waals surface area contributed by atoms with Gasteiger partial charge in [0.05, 0.1) is 17.3 Å². The lowest BCUT2D eigenvalue weighted by atomic mass is 10.3. The number of hydrogen-bond acceptors (Lipinski definition) is 3. The molecular formula is C10H10ClNO2. The van der Waals surface area contributed by atoms with Gasteiger partial charge >= 0.3 is 5.97 Å². The van der Waals surface area contributed by atoms with Crippen molar-refractivity contribution in [3.63, 3.8) is 0 Å². The van der Waals surface area contributed by atoms with Crippen molar-refractivity contribution in [3.05, 3.63) is 35.1 Å². The maximum absolute atomic E-state index is 10.9. The van der Waals surface area contributed by atoms with Crippen LogP contribution in [0.5, 0.6) is 0 Å². The molecule has 1 aromatic heterocycles. The summed E-state index contributed by atoms with van der Waals surface area (Å²) in [5, 5.41) is 0.507. The van der Waals surface area contributed by atoms with E-state index in [2.05, 4.69) is 4.98 Å². The van der Waals surface area contributed by atoms with Crippen LogP contribution in [-0.4, -0.2) is 17.6 Å². The molecule has 74 valence electrons. The highest BCUT2D eigenvalue weighted by atomic mass is 35.5. The zero-order valence-corrected chi connectivity index (χ0v) is 8.49. The highest BCUT2D eigenvalue weighted by Crippen LogP contribution is 2.13. The van der Waals surface area contributed by atoms with E-state index in [1.165, 1.54) is 12.2 Å². The van der Waals surface area contributed by atoms with Gasteiger partial charge in [0, 0.05) is 12.3 Å². The highest BCUT2D eigenvalue weighted by molar-refractivity contribution is 6.31. The van der Waals surface area contributed by atoms with Gasteiger partial charge in [0.2, 0.25) is 0 Å². The SMILES string of the molecule is CCOC(=O)/C=C/c1ncccc1Cl. The van der Waals surface area contributed by atoms with Gasteiger partial charge < -0.3 is 4.74 Å². The first-order valence-corrected chi connectivity index (χ1v) is 4.57. The summed E-state index contributed by atoms with van der Waals surface area (Å²) in [4.78, 5) is 14.9. The van der Waals surface area contributed by atoms with Crippen molar-refractivity contribution in [2.45, 2.75) is 6.92 Å². The summed E-state index contributed by atoms with van der Waals surface area (Å²) in [6.45, 7) is 2.11. The number of esters is 1. The lowest BCUT2D eigenvalue weighted by molar-refractivity contribution is -0.137. The van der Waals surface area contributed by atoms with Crippen molar-refractivity contribution in [1.29, 1.82) is 0 Å². The molecule has 0 aliphatic carbocycles. The van der Waals surface area contributed by atoms with Crippen molar-refractivity contribution in [2.24, 2.45) is 0 Å². The van der Waals surface area contributed by atoms with Gasteiger partial charge in [-0.2, -0.15) is 0 Å². The number of carbonyl (C=O) groups excluding carboxylic acids is 1. The third kappa shape index (κ3) is 3.18. The van der Waals surface area contributed by atoms with Gasteiger partial charge in [0.15, 0.2) is 0 Å². The maximum Gasteiger partial charge on any atom is 0.330 e. The summed E-state index contributed by atoms with van der Waals surface area (Å²) in [6, 6.07) is 3.43. The maximum atomic E-state index is 10.9. The minimum atomic E-state index is -0.394. The average molecular weight is 212 g/mol. The Morgan fingerprint density at radius 2 is 2.50 bits per heavy atom. The first-order valence-electron chi connectivity index (χ1n) is 4.19. The van der Waals surface area contributed by atoms with Crippen molar-refractivity contribution in [1.82, 2.24) is 4.98 Å². The Balaban J connectivity index is 2.69. The van der Waals surface area contributed by atoms with Crippen LogP contribution in [-0.2, 0) is 9.53 Å². The van der Waals surface area contributed by atoms with Crippen LogP contribution in [0.2, 0.25) is 5.02 Å². The summed E-state index contributed by atoms with van der Waals surface area (Å²) in [5.74, 6) is -0.394. The summed E-state index contributed by atoms with van der Waals surface area (Å²) < 4.78 is 4.71. The third-order valence-electron chi connectivity index (χ3n) is 1.45. The molecule has 1 heterocycles. The molecule has 0 saturated heterocycles. The van der Waals surface area contributed by atoms with Crippen LogP contribution in [0.15, 0.2) is 24.4 Å². The first-order chi connectivity index (χ1) is 6.74. The highest BCUT2D eigenvalue weighted by Gasteiger charge is 1.97. The molecule has 1 rings (SSSR count). The number of carbonyl (C=O) groups is 1. The summed E-state index contributed by atoms with van der Waals surface area (Å²) in [7, 11) is 0. The second-order valence-corrected chi connectivity index (χ2v) is 2.86. The molecule has 14 heavy (non-hydrogen) atoms. The van der Waals surface area contributed by atoms with Crippen molar-refractivity contribution < 1.29 is 9.53 Å². The Kier molecular flexibility index (Phi) is 4.13. The number of aromatic nitrogens is 1. The standard InChI is InChI=1S/C10H10ClNO2/c1-2-14-10(13)6-5-9-8(11)4-3-7-12-9/h3-7H,2H2,1H3/b6-5+. The number of pyridine rings is 1. The summed E-state index contributed by atoms with van der Waals surface area (Å²) in [5.41, 5.74) is 0.558. The molecule has 0 saturated carbocycles. The Morgan fingerprint density at radius 1 is 1.71 bits per heavy atom. The molecule has 4 heteroatoms. The van der Waals surface area contributed by atoms with Crippen molar-refractivity contribution >= 4 is 23.6 Å². The van der Waals surface area contributed by atoms with Crippen molar-refractivity contribution in [2.75, 3.05) is 6.61 Å². The molecule has 0 radical (unpaired) electrons. The molecule has 0 atom stereocenters. The molecule has 0 aromatic carbocycles. The van der Waals surface area contributed by atoms with E-state index in [1.54, 1.807) is 25.3 Å². The molecule has 0 fully saturated rings. The molecule has 0 N–H and O–H groups in total. The molecule has 0 aliphatic heterocycles. The number of ether oxygens (including phenoxy) is 1. The normalized spacial score (nSPS) is 10.4. The van der Waals surface area contributed by atoms with Crippen LogP contribution < -0.4 is 0 Å². The number of hydrogen-bond donors (Lipinski definition) is 0. The second kappa shape index (κ2) is 5.40. The minimum Gasteiger partial charge on any atom is -0.463 e. The molecule has 0 spiro atoms. The van der Waals surface area contributed by atoms with Gasteiger partial charge in [-0.25, -0.2) is 4.79 Å². The zero-order valence-electron chi connectivity index (χ0n) is 7.74. The van der Waals surface area contributed by atoms with Gasteiger partial charge in [0.1, 0.15) is 0 Å². The van der Waals surface area contributed by atoms with Gasteiger partial charge in [0.25, 0.3) is 0 Å². The Hall–Kier alpha value is -1.35. The van der Waals surface area contributed by atoms with E-state index in [9.17, 15) is 4.79 Å². The van der Waals surface area contributed by atoms with E-state index in [1.807, 2.05) is 0 Å². The van der Waals surface area contributed by atoms with E-state index in [0.717, 1.165) is 0 Å². The lowest BCUT2D eigenvalue weighted by Gasteiger charge is -1.96. The molecule has 0 bridgehead atoms. The molecule has 0 amide bonds. The van der Waals surface area contributed by atoms with Crippen molar-refractivity contribution in [3.8, 4) is 0 Å². The molecule has 0 aliphatic rings. The average Bonchev–Trinajstić information content (AvgIpc) is 2.17. The Bertz CT molecular complexity index is 350. The van der Waals surface area contributed by atoms with E-state index >= 15 is 0 Å². The lowest BCUT2D eigenvalue weighted by Crippen LogP contribution is -1.98. The molecule has 3 nitrogen and oxygen atoms in total. The van der Waals surface area contributed by atoms with Crippen LogP contribution in [0.1, 0.15) is 12.6 Å². The van der Waals surface area contributed by atoms with Crippen LogP contribution >= 0.6 is 11.6 Å². The number of halogens is 1. The summed E-state index contributed by atoms with van der Waals surface area (Å²) in [6.07, 6.45) is 4.44. The first kappa shape index (κ1) is 10.7. The largest absolute Gasteiger partial charge is 0.463 e. The number of nitrogens with zero attached hydrogens (tertiary/aromatic N) is 1. The van der Waals surface area contributed by atoms with Crippen LogP contribution in [0.4, 0.5) is 0 Å². The van der Waals surface area contributed by atoms with E-state index < -0.39 is 5.97 Å². The van der Waals surface area contributed by atoms with E-state index in [4.69, 9.17) is 16.3 Å². The Morgan fingerprint density at radius 3 is 3.14 bits per heavy atom. The minimum absolute atomic E-state index is 0.360. The van der Waals surface area contributed by atoms with Crippen LogP contribution in [0.3, 0.4) is 0 Å². The smallest absolute Gasteiger partial charge is 0.330 e. The predicted octanol–water partition coefficient (Wildman–Crippen LogP) is 2.31. The fourth-order valence-corrected chi connectivity index (χ4v) is 1.04. The number of rotatable bonds is 3. The second-order valence-electron chi connectivity index (χ2n) is 2.46. The predicted molar refractivity (Wildman–Crippen MR) is 54.9 cm³/mol. The van der Waals surface area contributed by atoms with E-state index in [0.29, 0.717) is 17.3 Å². The molecule has 1 aromatic rings. The fraction of sp³-hybridized carbons (Fsp3) is 0.200. The van der Waals surface area contributed by atoms with Crippen LogP contribution in [0, 0.1) is 0 Å². The van der Waals surface area contributed by atoms with Gasteiger partial charge in [-0.05, 0) is 25.1 Å². The van der Waals surface area contributed by atoms with Gasteiger partial charge in [-0.1, -0.05) is 11.6 Å². The van der Waals surface area contributed by atoms with Crippen LogP contribution in [0.25, 0.3) is 6.08 Å².